The number of hydrogen-bond acceptors (Lipinski definition) is 4. The van der Waals surface area contributed by atoms with Crippen molar-refractivity contribution in [2.45, 2.75) is 19.3 Å². The number of hydrogen-bond donors (Lipinski definition) is 2. The van der Waals surface area contributed by atoms with E-state index in [-0.39, 0.29) is 5.41 Å². The molecule has 0 saturated heterocycles. The number of halogens is 1. The van der Waals surface area contributed by atoms with Gasteiger partial charge in [0.25, 0.3) is 0 Å². The number of fused-ring (bicyclic) bond motifs is 1. The fourth-order valence-electron chi connectivity index (χ4n) is 2.77. The van der Waals surface area contributed by atoms with Crippen LogP contribution in [0.1, 0.15) is 19.4 Å². The maximum Gasteiger partial charge on any atom is 0.193 e. The first-order valence-electron chi connectivity index (χ1n) is 8.70. The van der Waals surface area contributed by atoms with Gasteiger partial charge in [-0.05, 0) is 35.9 Å². The molecule has 1 aliphatic heterocycles. The lowest BCUT2D eigenvalue weighted by molar-refractivity contribution is 0.171. The molecular weight excluding hydrogens is 366 g/mol. The molecule has 3 N–H and O–H groups in total. The molecule has 6 nitrogen and oxygen atoms in total. The van der Waals surface area contributed by atoms with E-state index < -0.39 is 0 Å². The van der Waals surface area contributed by atoms with Gasteiger partial charge >= 0.3 is 0 Å². The number of anilines is 1. The van der Waals surface area contributed by atoms with Gasteiger partial charge in [-0.25, -0.2) is 0 Å². The Balaban J connectivity index is 1.69. The number of rotatable bonds is 5. The number of benzene rings is 2. The predicted molar refractivity (Wildman–Crippen MR) is 109 cm³/mol. The molecule has 0 spiro atoms. The third kappa shape index (κ3) is 4.57. The van der Waals surface area contributed by atoms with Gasteiger partial charge in [-0.2, -0.15) is 0 Å². The Morgan fingerprint density at radius 3 is 2.63 bits per heavy atom. The minimum absolute atomic E-state index is 0.223. The van der Waals surface area contributed by atoms with Crippen LogP contribution in [-0.2, 0) is 5.41 Å². The minimum atomic E-state index is -0.223. The standard InChI is InChI=1S/C20H24ClN3O3/c1-20(2,13-4-6-17-18(10-13)27-9-8-26-17)12-23-19(22)24-14-5-7-16(25-3)15(21)11-14/h4-7,10-11H,8-9,12H2,1-3H3,(H3,22,23,24). The summed E-state index contributed by atoms with van der Waals surface area (Å²) in [5.41, 5.74) is 7.68. The lowest BCUT2D eigenvalue weighted by Crippen LogP contribution is -2.28. The molecule has 2 aromatic rings. The van der Waals surface area contributed by atoms with Gasteiger partial charge in [0.2, 0.25) is 0 Å². The highest BCUT2D eigenvalue weighted by atomic mass is 35.5. The second-order valence-electron chi connectivity index (χ2n) is 6.92. The molecule has 27 heavy (non-hydrogen) atoms. The summed E-state index contributed by atoms with van der Waals surface area (Å²) in [5.74, 6) is 2.48. The van der Waals surface area contributed by atoms with Crippen LogP contribution in [0.3, 0.4) is 0 Å². The molecular formula is C20H24ClN3O3. The van der Waals surface area contributed by atoms with Gasteiger partial charge in [-0.1, -0.05) is 31.5 Å². The van der Waals surface area contributed by atoms with Crippen LogP contribution in [0.25, 0.3) is 0 Å². The Morgan fingerprint density at radius 2 is 1.93 bits per heavy atom. The van der Waals surface area contributed by atoms with Crippen LogP contribution in [0, 0.1) is 0 Å². The van der Waals surface area contributed by atoms with Crippen LogP contribution in [0.2, 0.25) is 5.02 Å². The van der Waals surface area contributed by atoms with Crippen molar-refractivity contribution in [2.75, 3.05) is 32.2 Å². The number of guanidine groups is 1. The number of aliphatic imine (C=N–C) groups is 1. The first kappa shape index (κ1) is 19.2. The molecule has 1 aliphatic rings. The molecule has 2 aromatic carbocycles. The largest absolute Gasteiger partial charge is 0.495 e. The van der Waals surface area contributed by atoms with Crippen LogP contribution in [0.4, 0.5) is 5.69 Å². The zero-order chi connectivity index (χ0) is 19.4. The van der Waals surface area contributed by atoms with E-state index in [1.54, 1.807) is 19.2 Å². The summed E-state index contributed by atoms with van der Waals surface area (Å²) in [6.07, 6.45) is 0. The van der Waals surface area contributed by atoms with E-state index in [1.807, 2.05) is 24.3 Å². The minimum Gasteiger partial charge on any atom is -0.495 e. The maximum atomic E-state index is 6.13. The lowest BCUT2D eigenvalue weighted by atomic mass is 9.84. The van der Waals surface area contributed by atoms with Crippen molar-refractivity contribution in [3.63, 3.8) is 0 Å². The third-order valence-corrected chi connectivity index (χ3v) is 4.69. The molecule has 0 amide bonds. The summed E-state index contributed by atoms with van der Waals surface area (Å²) < 4.78 is 16.4. The Bertz CT molecular complexity index is 852. The molecule has 0 radical (unpaired) electrons. The van der Waals surface area contributed by atoms with Crippen molar-refractivity contribution in [3.8, 4) is 17.2 Å². The zero-order valence-corrected chi connectivity index (χ0v) is 16.5. The summed E-state index contributed by atoms with van der Waals surface area (Å²) in [5, 5.41) is 3.56. The van der Waals surface area contributed by atoms with Crippen molar-refractivity contribution in [2.24, 2.45) is 10.7 Å². The molecule has 144 valence electrons. The smallest absolute Gasteiger partial charge is 0.193 e. The van der Waals surface area contributed by atoms with Crippen molar-refractivity contribution >= 4 is 23.2 Å². The van der Waals surface area contributed by atoms with Crippen LogP contribution < -0.4 is 25.3 Å². The van der Waals surface area contributed by atoms with Gasteiger partial charge in [-0.15, -0.1) is 0 Å². The van der Waals surface area contributed by atoms with Crippen molar-refractivity contribution in [1.82, 2.24) is 0 Å². The van der Waals surface area contributed by atoms with Gasteiger partial charge < -0.3 is 25.3 Å². The van der Waals surface area contributed by atoms with Crippen LogP contribution in [0.15, 0.2) is 41.4 Å². The van der Waals surface area contributed by atoms with Gasteiger partial charge in [0, 0.05) is 11.1 Å². The van der Waals surface area contributed by atoms with Crippen molar-refractivity contribution in [1.29, 1.82) is 0 Å². The average Bonchev–Trinajstić information content (AvgIpc) is 2.66. The van der Waals surface area contributed by atoms with Gasteiger partial charge in [0.15, 0.2) is 17.5 Å². The molecule has 1 heterocycles. The summed E-state index contributed by atoms with van der Waals surface area (Å²) in [4.78, 5) is 4.49. The molecule has 0 aromatic heterocycles. The normalized spacial score (nSPS) is 14.0. The Hall–Kier alpha value is -2.60. The summed E-state index contributed by atoms with van der Waals surface area (Å²) in [6, 6.07) is 11.3. The van der Waals surface area contributed by atoms with E-state index >= 15 is 0 Å². The summed E-state index contributed by atoms with van der Waals surface area (Å²) in [7, 11) is 1.57. The molecule has 3 rings (SSSR count). The quantitative estimate of drug-likeness (QED) is 0.600. The van der Waals surface area contributed by atoms with Crippen molar-refractivity contribution < 1.29 is 14.2 Å². The number of nitrogens with two attached hydrogens (primary N) is 1. The average molecular weight is 390 g/mol. The number of methoxy groups -OCH3 is 1. The highest BCUT2D eigenvalue weighted by Crippen LogP contribution is 2.35. The Morgan fingerprint density at radius 1 is 1.19 bits per heavy atom. The van der Waals surface area contributed by atoms with Crippen LogP contribution in [-0.4, -0.2) is 32.8 Å². The molecule has 0 aliphatic carbocycles. The van der Waals surface area contributed by atoms with Crippen LogP contribution >= 0.6 is 11.6 Å². The van der Waals surface area contributed by atoms with E-state index in [4.69, 9.17) is 31.5 Å². The number of ether oxygens (including phenoxy) is 3. The highest BCUT2D eigenvalue weighted by Gasteiger charge is 2.23. The van der Waals surface area contributed by atoms with E-state index in [1.165, 1.54) is 0 Å². The van der Waals surface area contributed by atoms with Crippen LogP contribution in [0.5, 0.6) is 17.2 Å². The lowest BCUT2D eigenvalue weighted by Gasteiger charge is -2.26. The van der Waals surface area contributed by atoms with Gasteiger partial charge in [-0.3, -0.25) is 4.99 Å². The number of nitrogens with one attached hydrogen (secondary N) is 1. The van der Waals surface area contributed by atoms with Gasteiger partial charge in [0.05, 0.1) is 18.7 Å². The zero-order valence-electron chi connectivity index (χ0n) is 15.7. The number of nitrogens with zero attached hydrogens (tertiary/aromatic N) is 1. The highest BCUT2D eigenvalue weighted by molar-refractivity contribution is 6.32. The fourth-order valence-corrected chi connectivity index (χ4v) is 3.03. The first-order chi connectivity index (χ1) is 12.9. The second-order valence-corrected chi connectivity index (χ2v) is 7.33. The van der Waals surface area contributed by atoms with E-state index in [2.05, 4.69) is 24.2 Å². The molecule has 0 unspecified atom stereocenters. The monoisotopic (exact) mass is 389 g/mol. The maximum absolute atomic E-state index is 6.13. The van der Waals surface area contributed by atoms with Gasteiger partial charge in [0.1, 0.15) is 19.0 Å². The molecule has 0 fully saturated rings. The van der Waals surface area contributed by atoms with E-state index in [9.17, 15) is 0 Å². The van der Waals surface area contributed by atoms with Crippen molar-refractivity contribution in [3.05, 3.63) is 47.0 Å². The Labute approximate surface area is 164 Å². The third-order valence-electron chi connectivity index (χ3n) is 4.39. The first-order valence-corrected chi connectivity index (χ1v) is 9.07. The molecule has 0 bridgehead atoms. The summed E-state index contributed by atoms with van der Waals surface area (Å²) >= 11 is 6.13. The van der Waals surface area contributed by atoms with E-state index in [0.717, 1.165) is 22.7 Å². The summed E-state index contributed by atoms with van der Waals surface area (Å²) in [6.45, 7) is 5.88. The molecule has 0 atom stereocenters. The van der Waals surface area contributed by atoms with E-state index in [0.29, 0.717) is 36.5 Å². The Kier molecular flexibility index (Phi) is 5.65. The fraction of sp³-hybridized carbons (Fsp3) is 0.350. The predicted octanol–water partition coefficient (Wildman–Crippen LogP) is 3.82. The topological polar surface area (TPSA) is 78.1 Å². The molecule has 0 saturated carbocycles. The SMILES string of the molecule is COc1ccc(NC(N)=NCC(C)(C)c2ccc3c(c2)OCCO3)cc1Cl. The second kappa shape index (κ2) is 7.96. The molecule has 7 heteroatoms.